The number of β-amino-alcohol motifs (C(OH)–C–C–N with tert-alkyl or cyclic N) is 1. The highest BCUT2D eigenvalue weighted by Crippen LogP contribution is 2.27. The molecule has 5 N–H and O–H groups in total. The van der Waals surface area contributed by atoms with Crippen molar-refractivity contribution in [3.8, 4) is 11.1 Å². The third-order valence-electron chi connectivity index (χ3n) is 7.19. The summed E-state index contributed by atoms with van der Waals surface area (Å²) in [6.45, 7) is 7.08. The number of hydrogen-bond acceptors (Lipinski definition) is 7. The minimum Gasteiger partial charge on any atom is -0.394 e. The van der Waals surface area contributed by atoms with Crippen LogP contribution in [0.5, 0.6) is 0 Å². The number of aryl methyl sites for hydroxylation is 2. The Labute approximate surface area is 205 Å². The number of likely N-dealkylation sites (tertiary alicyclic amines) is 1. The normalized spacial score (nSPS) is 19.2. The Morgan fingerprint density at radius 2 is 1.74 bits per heavy atom. The van der Waals surface area contributed by atoms with Crippen LogP contribution in [0.15, 0.2) is 36.9 Å². The molecule has 1 saturated heterocycles. The lowest BCUT2D eigenvalue weighted by atomic mass is 10.0. The molecule has 0 bridgehead atoms. The molecule has 10 nitrogen and oxygen atoms in total. The Balaban J connectivity index is 1.37. The van der Waals surface area contributed by atoms with E-state index in [1.807, 2.05) is 15.8 Å². The van der Waals surface area contributed by atoms with Gasteiger partial charge in [-0.15, -0.1) is 0 Å². The molecule has 1 aliphatic rings. The standard InChI is InChI=1S/C25H38N5O5/c1-3-28-16-29(4-2)21-11-17(5-6-20(21)28)18-12-26-30(13-18)19-7-9-27(10-8-19)14-22(32)24(34)25(35)23(33)15-31/h5-6,11-13,16,19,22-25,31-35H,3-4,7-10,14-15H2,1-2H3/q+1/t22-,23+,24+,25+/m0/s1. The Hall–Kier alpha value is -2.34. The number of benzene rings is 1. The van der Waals surface area contributed by atoms with E-state index >= 15 is 0 Å². The summed E-state index contributed by atoms with van der Waals surface area (Å²) in [5, 5.41) is 53.2. The quantitative estimate of drug-likeness (QED) is 0.252. The largest absolute Gasteiger partial charge is 0.394 e. The fourth-order valence-corrected chi connectivity index (χ4v) is 4.96. The smallest absolute Gasteiger partial charge is 0.244 e. The molecule has 0 aliphatic carbocycles. The number of aromatic nitrogens is 4. The van der Waals surface area contributed by atoms with E-state index in [9.17, 15) is 20.4 Å². The topological polar surface area (TPSA) is 131 Å². The first kappa shape index (κ1) is 25.7. The zero-order chi connectivity index (χ0) is 25.1. The van der Waals surface area contributed by atoms with Crippen molar-refractivity contribution in [3.63, 3.8) is 0 Å². The summed E-state index contributed by atoms with van der Waals surface area (Å²) in [5.74, 6) is 0. The van der Waals surface area contributed by atoms with Crippen LogP contribution in [-0.4, -0.2) is 95.4 Å². The fraction of sp³-hybridized carbons (Fsp3) is 0.600. The van der Waals surface area contributed by atoms with Crippen molar-refractivity contribution in [1.82, 2.24) is 19.2 Å². The SMILES string of the molecule is CCn1c[n+](CC)c2ccc(-c3cnn(C4CCN(C[C@H](O)[C@@H](O)[C@H](O)[C@H](O)CO)CC4)c3)cc21. The molecular formula is C25H38N5O5+. The summed E-state index contributed by atoms with van der Waals surface area (Å²) < 4.78 is 6.54. The molecule has 4 atom stereocenters. The highest BCUT2D eigenvalue weighted by molar-refractivity contribution is 5.79. The molecule has 0 radical (unpaired) electrons. The van der Waals surface area contributed by atoms with Crippen molar-refractivity contribution in [1.29, 1.82) is 0 Å². The van der Waals surface area contributed by atoms with Gasteiger partial charge in [-0.1, -0.05) is 0 Å². The van der Waals surface area contributed by atoms with Crippen LogP contribution in [0, 0.1) is 0 Å². The van der Waals surface area contributed by atoms with Gasteiger partial charge in [0.1, 0.15) is 18.3 Å². The van der Waals surface area contributed by atoms with Crippen LogP contribution in [0.25, 0.3) is 22.2 Å². The van der Waals surface area contributed by atoms with Gasteiger partial charge in [-0.3, -0.25) is 4.68 Å². The third kappa shape index (κ3) is 5.42. The molecule has 3 aromatic rings. The molecule has 0 amide bonds. The minimum absolute atomic E-state index is 0.183. The van der Waals surface area contributed by atoms with E-state index in [4.69, 9.17) is 5.11 Å². The second kappa shape index (κ2) is 11.2. The van der Waals surface area contributed by atoms with Crippen LogP contribution >= 0.6 is 0 Å². The van der Waals surface area contributed by atoms with Gasteiger partial charge in [0.15, 0.2) is 11.0 Å². The number of rotatable bonds is 10. The summed E-state index contributed by atoms with van der Waals surface area (Å²) in [6.07, 6.45) is 2.04. The first-order valence-electron chi connectivity index (χ1n) is 12.5. The molecule has 4 rings (SSSR count). The number of hydrogen-bond donors (Lipinski definition) is 5. The van der Waals surface area contributed by atoms with Crippen molar-refractivity contribution in [2.75, 3.05) is 26.2 Å². The Bertz CT molecular complexity index is 1110. The Kier molecular flexibility index (Phi) is 8.20. The fourth-order valence-electron chi connectivity index (χ4n) is 4.96. The number of imidazole rings is 1. The summed E-state index contributed by atoms with van der Waals surface area (Å²) in [7, 11) is 0. The maximum atomic E-state index is 10.3. The lowest BCUT2D eigenvalue weighted by Crippen LogP contribution is -2.50. The van der Waals surface area contributed by atoms with Gasteiger partial charge in [0, 0.05) is 31.4 Å². The van der Waals surface area contributed by atoms with Gasteiger partial charge < -0.3 is 30.4 Å². The maximum Gasteiger partial charge on any atom is 0.244 e. The van der Waals surface area contributed by atoms with E-state index in [0.717, 1.165) is 50.1 Å². The lowest BCUT2D eigenvalue weighted by molar-refractivity contribution is -0.668. The molecule has 0 saturated carbocycles. The summed E-state index contributed by atoms with van der Waals surface area (Å²) >= 11 is 0. The van der Waals surface area contributed by atoms with Crippen LogP contribution in [0.3, 0.4) is 0 Å². The molecule has 192 valence electrons. The van der Waals surface area contributed by atoms with Gasteiger partial charge in [-0.05, 0) is 50.5 Å². The van der Waals surface area contributed by atoms with E-state index in [-0.39, 0.29) is 12.6 Å². The predicted molar refractivity (Wildman–Crippen MR) is 131 cm³/mol. The Morgan fingerprint density at radius 1 is 1.03 bits per heavy atom. The molecule has 1 fully saturated rings. The van der Waals surface area contributed by atoms with E-state index in [1.165, 1.54) is 11.0 Å². The molecule has 0 spiro atoms. The van der Waals surface area contributed by atoms with Crippen molar-refractivity contribution < 1.29 is 30.1 Å². The van der Waals surface area contributed by atoms with Gasteiger partial charge >= 0.3 is 0 Å². The van der Waals surface area contributed by atoms with E-state index in [0.29, 0.717) is 0 Å². The van der Waals surface area contributed by atoms with Gasteiger partial charge in [-0.25, -0.2) is 9.13 Å². The van der Waals surface area contributed by atoms with Crippen LogP contribution in [-0.2, 0) is 13.1 Å². The molecule has 1 aliphatic heterocycles. The highest BCUT2D eigenvalue weighted by atomic mass is 16.4. The zero-order valence-corrected chi connectivity index (χ0v) is 20.5. The predicted octanol–water partition coefficient (Wildman–Crippen LogP) is -0.0951. The van der Waals surface area contributed by atoms with Crippen LogP contribution in [0.1, 0.15) is 32.7 Å². The molecular weight excluding hydrogens is 450 g/mol. The average Bonchev–Trinajstić information content (AvgIpc) is 3.52. The maximum absolute atomic E-state index is 10.3. The summed E-state index contributed by atoms with van der Waals surface area (Å²) in [4.78, 5) is 2.03. The number of fused-ring (bicyclic) bond motifs is 1. The molecule has 0 unspecified atom stereocenters. The number of piperidine rings is 1. The van der Waals surface area contributed by atoms with Crippen LogP contribution in [0.4, 0.5) is 0 Å². The molecule has 1 aromatic carbocycles. The molecule has 3 heterocycles. The third-order valence-corrected chi connectivity index (χ3v) is 7.19. The number of aliphatic hydroxyl groups is 5. The van der Waals surface area contributed by atoms with Gasteiger partial charge in [-0.2, -0.15) is 5.10 Å². The Morgan fingerprint density at radius 3 is 2.40 bits per heavy atom. The number of nitrogens with zero attached hydrogens (tertiary/aromatic N) is 5. The summed E-state index contributed by atoms with van der Waals surface area (Å²) in [5.41, 5.74) is 4.66. The van der Waals surface area contributed by atoms with Gasteiger partial charge in [0.25, 0.3) is 0 Å². The first-order chi connectivity index (χ1) is 16.9. The van der Waals surface area contributed by atoms with Crippen molar-refractivity contribution in [2.45, 2.75) is 70.2 Å². The minimum atomic E-state index is -1.60. The monoisotopic (exact) mass is 488 g/mol. The van der Waals surface area contributed by atoms with Crippen molar-refractivity contribution in [3.05, 3.63) is 36.9 Å². The number of aliphatic hydroxyl groups excluding tert-OH is 5. The summed E-state index contributed by atoms with van der Waals surface area (Å²) in [6, 6.07) is 6.79. The van der Waals surface area contributed by atoms with E-state index < -0.39 is 31.0 Å². The average molecular weight is 489 g/mol. The molecule has 10 heteroatoms. The van der Waals surface area contributed by atoms with Crippen LogP contribution < -0.4 is 4.57 Å². The highest BCUT2D eigenvalue weighted by Gasteiger charge is 2.32. The molecule has 35 heavy (non-hydrogen) atoms. The second-order valence-corrected chi connectivity index (χ2v) is 9.43. The van der Waals surface area contributed by atoms with E-state index in [1.54, 1.807) is 0 Å². The second-order valence-electron chi connectivity index (χ2n) is 9.43. The molecule has 2 aromatic heterocycles. The van der Waals surface area contributed by atoms with Crippen molar-refractivity contribution in [2.24, 2.45) is 0 Å². The lowest BCUT2D eigenvalue weighted by Gasteiger charge is -2.35. The van der Waals surface area contributed by atoms with Gasteiger partial charge in [0.05, 0.1) is 38.0 Å². The van der Waals surface area contributed by atoms with Crippen molar-refractivity contribution >= 4 is 11.0 Å². The van der Waals surface area contributed by atoms with Gasteiger partial charge in [0.2, 0.25) is 6.33 Å². The zero-order valence-electron chi connectivity index (χ0n) is 20.5. The van der Waals surface area contributed by atoms with Crippen LogP contribution in [0.2, 0.25) is 0 Å². The van der Waals surface area contributed by atoms with E-state index in [2.05, 4.69) is 58.8 Å². The first-order valence-corrected chi connectivity index (χ1v) is 12.5.